The highest BCUT2D eigenvalue weighted by molar-refractivity contribution is 6.30. The molecule has 3 nitrogen and oxygen atoms in total. The topological polar surface area (TPSA) is 41.1 Å². The summed E-state index contributed by atoms with van der Waals surface area (Å²) in [6.07, 6.45) is 0.399. The van der Waals surface area contributed by atoms with Crippen molar-refractivity contribution in [2.24, 2.45) is 0 Å². The molecule has 0 aliphatic carbocycles. The van der Waals surface area contributed by atoms with Crippen molar-refractivity contribution in [2.45, 2.75) is 45.7 Å². The molecule has 0 heterocycles. The Bertz CT molecular complexity index is 471. The zero-order chi connectivity index (χ0) is 15.3. The third kappa shape index (κ3) is 5.88. The lowest BCUT2D eigenvalue weighted by Crippen LogP contribution is -2.41. The fraction of sp³-hybridized carbons (Fsp3) is 0.533. The van der Waals surface area contributed by atoms with Gasteiger partial charge in [0.05, 0.1) is 5.02 Å². The van der Waals surface area contributed by atoms with E-state index in [0.29, 0.717) is 13.0 Å². The van der Waals surface area contributed by atoms with Crippen molar-refractivity contribution in [2.75, 3.05) is 6.54 Å². The lowest BCUT2D eigenvalue weighted by molar-refractivity contribution is -0.122. The minimum absolute atomic E-state index is 0.00865. The van der Waals surface area contributed by atoms with E-state index in [1.807, 2.05) is 27.7 Å². The number of hydrogen-bond donors (Lipinski definition) is 2. The van der Waals surface area contributed by atoms with Crippen LogP contribution in [0.3, 0.4) is 0 Å². The summed E-state index contributed by atoms with van der Waals surface area (Å²) >= 11 is 5.75. The molecule has 112 valence electrons. The normalized spacial score (nSPS) is 13.1. The van der Waals surface area contributed by atoms with Crippen molar-refractivity contribution < 1.29 is 9.18 Å². The van der Waals surface area contributed by atoms with Gasteiger partial charge in [0.15, 0.2) is 0 Å². The van der Waals surface area contributed by atoms with Gasteiger partial charge >= 0.3 is 0 Å². The summed E-state index contributed by atoms with van der Waals surface area (Å²) in [6.45, 7) is 8.34. The summed E-state index contributed by atoms with van der Waals surface area (Å²) in [4.78, 5) is 11.7. The molecule has 1 unspecified atom stereocenters. The molecule has 0 fully saturated rings. The van der Waals surface area contributed by atoms with Crippen LogP contribution in [0.4, 0.5) is 4.39 Å². The van der Waals surface area contributed by atoms with Crippen molar-refractivity contribution in [1.29, 1.82) is 0 Å². The molecule has 0 saturated carbocycles. The predicted octanol–water partition coefficient (Wildman–Crippen LogP) is 3.43. The lowest BCUT2D eigenvalue weighted by Gasteiger charge is -2.21. The maximum Gasteiger partial charge on any atom is 0.221 e. The zero-order valence-electron chi connectivity index (χ0n) is 12.4. The third-order valence-corrected chi connectivity index (χ3v) is 3.05. The molecular formula is C15H22ClFN2O. The summed E-state index contributed by atoms with van der Waals surface area (Å²) in [5, 5.41) is 6.23. The second-order valence-electron chi connectivity index (χ2n) is 5.90. The number of rotatable bonds is 5. The van der Waals surface area contributed by atoms with Gasteiger partial charge in [0.25, 0.3) is 0 Å². The van der Waals surface area contributed by atoms with Crippen molar-refractivity contribution in [3.8, 4) is 0 Å². The molecule has 1 aromatic rings. The number of benzene rings is 1. The van der Waals surface area contributed by atoms with Gasteiger partial charge in [-0.2, -0.15) is 0 Å². The number of halogens is 2. The Hall–Kier alpha value is -1.13. The highest BCUT2D eigenvalue weighted by Crippen LogP contribution is 2.20. The van der Waals surface area contributed by atoms with E-state index in [0.717, 1.165) is 5.56 Å². The molecule has 2 N–H and O–H groups in total. The second-order valence-corrected chi connectivity index (χ2v) is 6.30. The van der Waals surface area contributed by atoms with Gasteiger partial charge in [0.1, 0.15) is 5.82 Å². The van der Waals surface area contributed by atoms with Gasteiger partial charge in [0.2, 0.25) is 5.91 Å². The van der Waals surface area contributed by atoms with Gasteiger partial charge in [-0.1, -0.05) is 17.7 Å². The second kappa shape index (κ2) is 7.04. The van der Waals surface area contributed by atoms with Crippen LogP contribution in [0.25, 0.3) is 0 Å². The molecular weight excluding hydrogens is 279 g/mol. The molecule has 1 amide bonds. The first-order valence-corrected chi connectivity index (χ1v) is 7.06. The maximum atomic E-state index is 13.1. The minimum Gasteiger partial charge on any atom is -0.351 e. The van der Waals surface area contributed by atoms with E-state index in [9.17, 15) is 9.18 Å². The van der Waals surface area contributed by atoms with Crippen molar-refractivity contribution in [3.05, 3.63) is 34.6 Å². The van der Waals surface area contributed by atoms with Crippen molar-refractivity contribution in [3.63, 3.8) is 0 Å². The molecule has 0 spiro atoms. The number of nitrogens with one attached hydrogen (secondary N) is 2. The van der Waals surface area contributed by atoms with Crippen LogP contribution in [0.15, 0.2) is 18.2 Å². The van der Waals surface area contributed by atoms with E-state index in [-0.39, 0.29) is 22.5 Å². The van der Waals surface area contributed by atoms with E-state index >= 15 is 0 Å². The molecule has 0 bridgehead atoms. The Kier molecular flexibility index (Phi) is 5.96. The summed E-state index contributed by atoms with van der Waals surface area (Å²) < 4.78 is 13.1. The van der Waals surface area contributed by atoms with Crippen molar-refractivity contribution >= 4 is 17.5 Å². The first-order valence-electron chi connectivity index (χ1n) is 6.68. The van der Waals surface area contributed by atoms with E-state index in [4.69, 9.17) is 11.6 Å². The van der Waals surface area contributed by atoms with Crippen LogP contribution in [-0.2, 0) is 4.79 Å². The Morgan fingerprint density at radius 3 is 2.60 bits per heavy atom. The Labute approximate surface area is 124 Å². The fourth-order valence-corrected chi connectivity index (χ4v) is 1.97. The minimum atomic E-state index is -0.424. The molecule has 0 aliphatic heterocycles. The molecule has 5 heteroatoms. The van der Waals surface area contributed by atoms with Gasteiger partial charge in [-0.25, -0.2) is 4.39 Å². The van der Waals surface area contributed by atoms with E-state index < -0.39 is 5.82 Å². The summed E-state index contributed by atoms with van der Waals surface area (Å²) in [5.74, 6) is -0.415. The Morgan fingerprint density at radius 2 is 2.05 bits per heavy atom. The SMILES string of the molecule is CC(NCCC(=O)NC(C)(C)C)c1ccc(F)c(Cl)c1. The molecule has 0 aliphatic rings. The van der Waals surface area contributed by atoms with Crippen LogP contribution in [0.2, 0.25) is 5.02 Å². The molecule has 0 radical (unpaired) electrons. The third-order valence-electron chi connectivity index (χ3n) is 2.76. The standard InChI is InChI=1S/C15H22ClFN2O/c1-10(11-5-6-13(17)12(16)9-11)18-8-7-14(20)19-15(2,3)4/h5-6,9-10,18H,7-8H2,1-4H3,(H,19,20). The van der Waals surface area contributed by atoms with Crippen LogP contribution in [0.1, 0.15) is 45.7 Å². The number of carbonyl (C=O) groups excluding carboxylic acids is 1. The van der Waals surface area contributed by atoms with E-state index in [1.165, 1.54) is 6.07 Å². The van der Waals surface area contributed by atoms with Gasteiger partial charge < -0.3 is 10.6 Å². The predicted molar refractivity (Wildman–Crippen MR) is 80.3 cm³/mol. The Morgan fingerprint density at radius 1 is 1.40 bits per heavy atom. The molecule has 1 rings (SSSR count). The van der Waals surface area contributed by atoms with Gasteiger partial charge in [0, 0.05) is 24.5 Å². The molecule has 0 saturated heterocycles. The van der Waals surface area contributed by atoms with Crippen LogP contribution in [-0.4, -0.2) is 18.0 Å². The highest BCUT2D eigenvalue weighted by atomic mass is 35.5. The van der Waals surface area contributed by atoms with Crippen LogP contribution in [0.5, 0.6) is 0 Å². The van der Waals surface area contributed by atoms with E-state index in [2.05, 4.69) is 10.6 Å². The summed E-state index contributed by atoms with van der Waals surface area (Å²) in [7, 11) is 0. The molecule has 20 heavy (non-hydrogen) atoms. The number of carbonyl (C=O) groups is 1. The van der Waals surface area contributed by atoms with Gasteiger partial charge in [-0.05, 0) is 45.4 Å². The lowest BCUT2D eigenvalue weighted by atomic mass is 10.1. The number of amides is 1. The smallest absolute Gasteiger partial charge is 0.221 e. The average molecular weight is 301 g/mol. The van der Waals surface area contributed by atoms with Crippen LogP contribution in [0, 0.1) is 5.82 Å². The van der Waals surface area contributed by atoms with Gasteiger partial charge in [-0.15, -0.1) is 0 Å². The monoisotopic (exact) mass is 300 g/mol. The zero-order valence-corrected chi connectivity index (χ0v) is 13.1. The molecule has 1 aromatic carbocycles. The quantitative estimate of drug-likeness (QED) is 0.874. The highest BCUT2D eigenvalue weighted by Gasteiger charge is 2.14. The van der Waals surface area contributed by atoms with Gasteiger partial charge in [-0.3, -0.25) is 4.79 Å². The largest absolute Gasteiger partial charge is 0.351 e. The first kappa shape index (κ1) is 16.9. The van der Waals surface area contributed by atoms with E-state index in [1.54, 1.807) is 12.1 Å². The maximum absolute atomic E-state index is 13.1. The molecule has 1 atom stereocenters. The Balaban J connectivity index is 2.42. The fourth-order valence-electron chi connectivity index (χ4n) is 1.78. The van der Waals surface area contributed by atoms with Crippen LogP contribution >= 0.6 is 11.6 Å². The van der Waals surface area contributed by atoms with Crippen molar-refractivity contribution in [1.82, 2.24) is 10.6 Å². The molecule has 0 aromatic heterocycles. The number of hydrogen-bond acceptors (Lipinski definition) is 2. The van der Waals surface area contributed by atoms with Crippen LogP contribution < -0.4 is 10.6 Å². The summed E-state index contributed by atoms with van der Waals surface area (Å²) in [6, 6.07) is 4.65. The first-order chi connectivity index (χ1) is 9.19. The average Bonchev–Trinajstić information content (AvgIpc) is 2.30. The summed E-state index contributed by atoms with van der Waals surface area (Å²) in [5.41, 5.74) is 0.681.